The van der Waals surface area contributed by atoms with Gasteiger partial charge in [0.05, 0.1) is 24.4 Å². The van der Waals surface area contributed by atoms with Gasteiger partial charge in [-0.05, 0) is 79.7 Å². The lowest BCUT2D eigenvalue weighted by Gasteiger charge is -2.12. The number of benzene rings is 3. The number of halogens is 1. The van der Waals surface area contributed by atoms with Gasteiger partial charge in [-0.15, -0.1) is 10.2 Å². The molecule has 0 aliphatic carbocycles. The van der Waals surface area contributed by atoms with E-state index in [9.17, 15) is 4.79 Å². The smallest absolute Gasteiger partial charge is 0.257 e. The van der Waals surface area contributed by atoms with Crippen LogP contribution in [0.25, 0.3) is 16.7 Å². The van der Waals surface area contributed by atoms with Gasteiger partial charge in [0.1, 0.15) is 22.5 Å². The number of anilines is 1. The van der Waals surface area contributed by atoms with Crippen molar-refractivity contribution in [1.29, 1.82) is 0 Å². The Morgan fingerprint density at radius 3 is 2.61 bits per heavy atom. The molecule has 0 spiro atoms. The van der Waals surface area contributed by atoms with Crippen molar-refractivity contribution in [2.75, 3.05) is 19.0 Å². The first-order valence-corrected chi connectivity index (χ1v) is 12.2. The van der Waals surface area contributed by atoms with Gasteiger partial charge in [-0.25, -0.2) is 0 Å². The van der Waals surface area contributed by atoms with Crippen LogP contribution in [0, 0.1) is 6.92 Å². The Bertz CT molecular complexity index is 1420. The summed E-state index contributed by atoms with van der Waals surface area (Å²) in [6.07, 6.45) is 1.99. The third-order valence-corrected chi connectivity index (χ3v) is 5.93. The molecule has 8 nitrogen and oxygen atoms in total. The Morgan fingerprint density at radius 1 is 1.11 bits per heavy atom. The van der Waals surface area contributed by atoms with E-state index in [2.05, 4.69) is 27.8 Å². The largest absolute Gasteiger partial charge is 0.495 e. The number of nitrogens with one attached hydrogen (secondary N) is 2. The highest BCUT2D eigenvalue weighted by atomic mass is 35.5. The van der Waals surface area contributed by atoms with E-state index in [4.69, 9.17) is 33.3 Å². The van der Waals surface area contributed by atoms with Gasteiger partial charge < -0.3 is 14.8 Å². The molecule has 0 saturated carbocycles. The van der Waals surface area contributed by atoms with Crippen LogP contribution in [0.3, 0.4) is 0 Å². The number of carbonyl (C=O) groups excluding carboxylic acids is 1. The van der Waals surface area contributed by atoms with E-state index in [0.717, 1.165) is 18.4 Å². The summed E-state index contributed by atoms with van der Waals surface area (Å²) >= 11 is 11.6. The lowest BCUT2D eigenvalue weighted by Crippen LogP contribution is -2.34. The van der Waals surface area contributed by atoms with Crippen LogP contribution in [0.2, 0.25) is 5.02 Å². The van der Waals surface area contributed by atoms with Crippen LogP contribution in [-0.2, 0) is 0 Å². The van der Waals surface area contributed by atoms with Crippen molar-refractivity contribution in [3.05, 3.63) is 70.7 Å². The van der Waals surface area contributed by atoms with Crippen molar-refractivity contribution >= 4 is 51.6 Å². The Labute approximate surface area is 219 Å². The van der Waals surface area contributed by atoms with Crippen LogP contribution in [0.1, 0.15) is 35.7 Å². The first kappa shape index (κ1) is 25.4. The average Bonchev–Trinajstić information content (AvgIpc) is 3.27. The fourth-order valence-corrected chi connectivity index (χ4v) is 3.94. The summed E-state index contributed by atoms with van der Waals surface area (Å²) in [7, 11) is 1.56. The number of aromatic nitrogens is 3. The highest BCUT2D eigenvalue weighted by Crippen LogP contribution is 2.27. The minimum Gasteiger partial charge on any atom is -0.495 e. The van der Waals surface area contributed by atoms with Gasteiger partial charge in [-0.1, -0.05) is 31.0 Å². The number of aryl methyl sites for hydroxylation is 1. The van der Waals surface area contributed by atoms with Crippen molar-refractivity contribution in [3.8, 4) is 17.2 Å². The molecule has 186 valence electrons. The lowest BCUT2D eigenvalue weighted by molar-refractivity contribution is 0.0977. The predicted octanol–water partition coefficient (Wildman–Crippen LogP) is 5.70. The van der Waals surface area contributed by atoms with Gasteiger partial charge in [0.2, 0.25) is 0 Å². The van der Waals surface area contributed by atoms with Gasteiger partial charge >= 0.3 is 0 Å². The molecule has 1 heterocycles. The number of methoxy groups -OCH3 is 1. The molecular formula is C26H26ClN5O3S. The first-order chi connectivity index (χ1) is 17.4. The quantitative estimate of drug-likeness (QED) is 0.226. The zero-order chi connectivity index (χ0) is 25.7. The molecule has 0 bridgehead atoms. The van der Waals surface area contributed by atoms with Gasteiger partial charge in [0, 0.05) is 11.3 Å². The molecule has 3 aromatic carbocycles. The van der Waals surface area contributed by atoms with E-state index in [1.165, 1.54) is 4.80 Å². The Hall–Kier alpha value is -3.69. The van der Waals surface area contributed by atoms with E-state index in [1.807, 2.05) is 31.2 Å². The molecule has 10 heteroatoms. The minimum atomic E-state index is -0.325. The second kappa shape index (κ2) is 11.4. The van der Waals surface area contributed by atoms with Gasteiger partial charge in [0.15, 0.2) is 5.11 Å². The third kappa shape index (κ3) is 5.92. The molecule has 36 heavy (non-hydrogen) atoms. The molecular weight excluding hydrogens is 498 g/mol. The fraction of sp³-hybridized carbons (Fsp3) is 0.231. The average molecular weight is 524 g/mol. The SMILES string of the molecule is CCCCOc1cccc(C(=O)NC(=S)Nc2cc3nn(-c4ccc(OC)c(Cl)c4)nc3cc2C)c1. The number of nitrogens with zero attached hydrogens (tertiary/aromatic N) is 3. The molecule has 4 rings (SSSR count). The van der Waals surface area contributed by atoms with Crippen LogP contribution >= 0.6 is 23.8 Å². The highest BCUT2D eigenvalue weighted by molar-refractivity contribution is 7.80. The molecule has 1 aromatic heterocycles. The van der Waals surface area contributed by atoms with Crippen LogP contribution in [0.15, 0.2) is 54.6 Å². The number of ether oxygens (including phenoxy) is 2. The number of unbranched alkanes of at least 4 members (excludes halogenated alkanes) is 1. The second-order valence-corrected chi connectivity index (χ2v) is 8.92. The Kier molecular flexibility index (Phi) is 8.02. The Balaban J connectivity index is 1.46. The van der Waals surface area contributed by atoms with Crippen molar-refractivity contribution in [3.63, 3.8) is 0 Å². The monoisotopic (exact) mass is 523 g/mol. The molecule has 4 aromatic rings. The topological polar surface area (TPSA) is 90.3 Å². The van der Waals surface area contributed by atoms with Crippen molar-refractivity contribution in [2.24, 2.45) is 0 Å². The minimum absolute atomic E-state index is 0.175. The first-order valence-electron chi connectivity index (χ1n) is 11.4. The summed E-state index contributed by atoms with van der Waals surface area (Å²) in [6.45, 7) is 4.63. The summed E-state index contributed by atoms with van der Waals surface area (Å²) < 4.78 is 10.9. The number of carbonyl (C=O) groups is 1. The maximum Gasteiger partial charge on any atom is 0.257 e. The molecule has 0 saturated heterocycles. The van der Waals surface area contributed by atoms with Crippen LogP contribution in [0.4, 0.5) is 5.69 Å². The van der Waals surface area contributed by atoms with E-state index < -0.39 is 0 Å². The highest BCUT2D eigenvalue weighted by Gasteiger charge is 2.13. The molecule has 0 fully saturated rings. The fourth-order valence-electron chi connectivity index (χ4n) is 3.49. The summed E-state index contributed by atoms with van der Waals surface area (Å²) in [5.74, 6) is 0.901. The van der Waals surface area contributed by atoms with E-state index in [1.54, 1.807) is 37.4 Å². The number of amides is 1. The van der Waals surface area contributed by atoms with E-state index >= 15 is 0 Å². The van der Waals surface area contributed by atoms with Crippen LogP contribution < -0.4 is 20.1 Å². The number of rotatable bonds is 8. The van der Waals surface area contributed by atoms with Gasteiger partial charge in [-0.2, -0.15) is 4.80 Å². The molecule has 0 aliphatic heterocycles. The number of thiocarbonyl (C=S) groups is 1. The summed E-state index contributed by atoms with van der Waals surface area (Å²) in [4.78, 5) is 14.2. The number of hydrogen-bond acceptors (Lipinski definition) is 6. The summed E-state index contributed by atoms with van der Waals surface area (Å²) in [5, 5.41) is 15.6. The molecule has 0 aliphatic rings. The van der Waals surface area contributed by atoms with Gasteiger partial charge in [0.25, 0.3) is 5.91 Å². The predicted molar refractivity (Wildman–Crippen MR) is 146 cm³/mol. The zero-order valence-corrected chi connectivity index (χ0v) is 21.7. The summed E-state index contributed by atoms with van der Waals surface area (Å²) in [5.41, 5.74) is 4.13. The lowest BCUT2D eigenvalue weighted by atomic mass is 10.2. The zero-order valence-electron chi connectivity index (χ0n) is 20.2. The second-order valence-electron chi connectivity index (χ2n) is 8.10. The molecule has 1 amide bonds. The molecule has 2 N–H and O–H groups in total. The molecule has 0 atom stereocenters. The molecule has 0 unspecified atom stereocenters. The normalized spacial score (nSPS) is 10.8. The van der Waals surface area contributed by atoms with Crippen molar-refractivity contribution in [2.45, 2.75) is 26.7 Å². The maximum absolute atomic E-state index is 12.7. The van der Waals surface area contributed by atoms with Gasteiger partial charge in [-0.3, -0.25) is 10.1 Å². The standard InChI is InChI=1S/C26H26ClN5O3S/c1-4-5-11-35-19-8-6-7-17(13-19)25(33)29-26(36)28-21-15-23-22(12-16(21)2)30-32(31-23)18-9-10-24(34-3)20(27)14-18/h6-10,12-15H,4-5,11H2,1-3H3,(H2,28,29,33,36). The maximum atomic E-state index is 12.7. The van der Waals surface area contributed by atoms with Crippen LogP contribution in [-0.4, -0.2) is 39.7 Å². The van der Waals surface area contributed by atoms with E-state index in [-0.39, 0.29) is 11.0 Å². The van der Waals surface area contributed by atoms with Crippen LogP contribution in [0.5, 0.6) is 11.5 Å². The Morgan fingerprint density at radius 2 is 1.89 bits per heavy atom. The van der Waals surface area contributed by atoms with Crippen molar-refractivity contribution < 1.29 is 14.3 Å². The van der Waals surface area contributed by atoms with Crippen molar-refractivity contribution in [1.82, 2.24) is 20.3 Å². The summed E-state index contributed by atoms with van der Waals surface area (Å²) in [6, 6.07) is 16.1. The molecule has 0 radical (unpaired) electrons. The van der Waals surface area contributed by atoms with E-state index in [0.29, 0.717) is 51.1 Å². The number of hydrogen-bond donors (Lipinski definition) is 2. The number of fused-ring (bicyclic) bond motifs is 1. The third-order valence-electron chi connectivity index (χ3n) is 5.43.